The molecule has 162 valence electrons. The molecule has 0 radical (unpaired) electrons. The van der Waals surface area contributed by atoms with Crippen LogP contribution in [0, 0.1) is 0 Å². The predicted octanol–water partition coefficient (Wildman–Crippen LogP) is 5.15. The van der Waals surface area contributed by atoms with Gasteiger partial charge in [-0.2, -0.15) is 5.10 Å². The third-order valence-corrected chi connectivity index (χ3v) is 4.94. The molecule has 33 heavy (non-hydrogen) atoms. The zero-order valence-corrected chi connectivity index (χ0v) is 17.8. The lowest BCUT2D eigenvalue weighted by molar-refractivity contribution is -0.129. The number of ether oxygens (including phenoxy) is 1. The molecule has 0 fully saturated rings. The molecule has 0 heterocycles. The van der Waals surface area contributed by atoms with Gasteiger partial charge >= 0.3 is 5.97 Å². The summed E-state index contributed by atoms with van der Waals surface area (Å²) in [4.78, 5) is 24.3. The molecule has 4 rings (SSSR count). The Hall–Kier alpha value is -4.51. The highest BCUT2D eigenvalue weighted by molar-refractivity contribution is 5.91. The first-order valence-electron chi connectivity index (χ1n) is 10.5. The Balaban J connectivity index is 1.28. The maximum absolute atomic E-state index is 12.3. The van der Waals surface area contributed by atoms with E-state index in [-0.39, 0.29) is 12.3 Å². The molecule has 0 bridgehead atoms. The summed E-state index contributed by atoms with van der Waals surface area (Å²) in [7, 11) is 0. The van der Waals surface area contributed by atoms with Crippen LogP contribution in [0.25, 0.3) is 16.8 Å². The highest BCUT2D eigenvalue weighted by Gasteiger charge is 2.06. The number of hydrogen-bond acceptors (Lipinski definition) is 4. The SMILES string of the molecule is O=C(Cc1cccc2ccccc12)NN=Cc1ccc(OC(=O)C=Cc2ccccc2)cc1. The second kappa shape index (κ2) is 10.7. The molecule has 0 aromatic heterocycles. The molecule has 5 nitrogen and oxygen atoms in total. The smallest absolute Gasteiger partial charge is 0.336 e. The van der Waals surface area contributed by atoms with Crippen LogP contribution in [0.15, 0.2) is 108 Å². The fourth-order valence-electron chi connectivity index (χ4n) is 3.34. The number of hydrazone groups is 1. The van der Waals surface area contributed by atoms with E-state index in [0.29, 0.717) is 5.75 Å². The molecular weight excluding hydrogens is 412 g/mol. The number of nitrogens with zero attached hydrogens (tertiary/aromatic N) is 1. The van der Waals surface area contributed by atoms with Crippen molar-refractivity contribution in [1.82, 2.24) is 5.43 Å². The highest BCUT2D eigenvalue weighted by Crippen LogP contribution is 2.19. The summed E-state index contributed by atoms with van der Waals surface area (Å²) in [5, 5.41) is 6.19. The number of carbonyl (C=O) groups excluding carboxylic acids is 2. The van der Waals surface area contributed by atoms with Gasteiger partial charge in [0.1, 0.15) is 5.75 Å². The van der Waals surface area contributed by atoms with Gasteiger partial charge in [-0.25, -0.2) is 10.2 Å². The first kappa shape index (κ1) is 21.7. The Morgan fingerprint density at radius 3 is 2.33 bits per heavy atom. The third kappa shape index (κ3) is 6.24. The number of esters is 1. The van der Waals surface area contributed by atoms with E-state index in [4.69, 9.17) is 4.74 Å². The van der Waals surface area contributed by atoms with E-state index < -0.39 is 5.97 Å². The molecule has 4 aromatic carbocycles. The van der Waals surface area contributed by atoms with Crippen LogP contribution < -0.4 is 10.2 Å². The van der Waals surface area contributed by atoms with Crippen LogP contribution in [0.1, 0.15) is 16.7 Å². The maximum atomic E-state index is 12.3. The second-order valence-corrected chi connectivity index (χ2v) is 7.34. The standard InChI is InChI=1S/C28H22N2O3/c31-27(19-24-11-6-10-23-9-4-5-12-26(23)24)30-29-20-22-13-16-25(17-14-22)33-28(32)18-15-21-7-2-1-3-8-21/h1-18,20H,19H2,(H,30,31). The quantitative estimate of drug-likeness (QED) is 0.144. The second-order valence-electron chi connectivity index (χ2n) is 7.34. The summed E-state index contributed by atoms with van der Waals surface area (Å²) in [5.41, 5.74) is 5.20. The van der Waals surface area contributed by atoms with Gasteiger partial charge in [-0.15, -0.1) is 0 Å². The van der Waals surface area contributed by atoms with E-state index in [1.807, 2.05) is 72.8 Å². The summed E-state index contributed by atoms with van der Waals surface area (Å²) < 4.78 is 5.30. The van der Waals surface area contributed by atoms with Crippen LogP contribution in [-0.4, -0.2) is 18.1 Å². The predicted molar refractivity (Wildman–Crippen MR) is 131 cm³/mol. The molecule has 0 unspecified atom stereocenters. The van der Waals surface area contributed by atoms with E-state index in [9.17, 15) is 9.59 Å². The van der Waals surface area contributed by atoms with Gasteiger partial charge in [0.05, 0.1) is 12.6 Å². The summed E-state index contributed by atoms with van der Waals surface area (Å²) in [6.07, 6.45) is 4.87. The van der Waals surface area contributed by atoms with Gasteiger partial charge in [-0.1, -0.05) is 72.8 Å². The topological polar surface area (TPSA) is 67.8 Å². The van der Waals surface area contributed by atoms with Crippen molar-refractivity contribution in [3.8, 4) is 5.75 Å². The Bertz CT molecular complexity index is 1300. The Morgan fingerprint density at radius 2 is 1.52 bits per heavy atom. The molecule has 5 heteroatoms. The Kier molecular flexibility index (Phi) is 7.03. The van der Waals surface area contributed by atoms with E-state index in [1.54, 1.807) is 36.6 Å². The number of amides is 1. The number of rotatable bonds is 7. The third-order valence-electron chi connectivity index (χ3n) is 4.94. The molecule has 0 aliphatic rings. The average molecular weight is 434 g/mol. The first-order chi connectivity index (χ1) is 16.2. The molecule has 4 aromatic rings. The lowest BCUT2D eigenvalue weighted by Gasteiger charge is -2.05. The van der Waals surface area contributed by atoms with Crippen molar-refractivity contribution in [2.24, 2.45) is 5.10 Å². The van der Waals surface area contributed by atoms with Crippen LogP contribution in [0.4, 0.5) is 0 Å². The molecule has 1 amide bonds. The van der Waals surface area contributed by atoms with E-state index in [2.05, 4.69) is 10.5 Å². The highest BCUT2D eigenvalue weighted by atomic mass is 16.5. The summed E-state index contributed by atoms with van der Waals surface area (Å²) in [5.74, 6) is -0.228. The van der Waals surface area contributed by atoms with E-state index >= 15 is 0 Å². The maximum Gasteiger partial charge on any atom is 0.336 e. The van der Waals surface area contributed by atoms with Crippen molar-refractivity contribution in [3.05, 3.63) is 120 Å². The number of fused-ring (bicyclic) bond motifs is 1. The zero-order chi connectivity index (χ0) is 22.9. The van der Waals surface area contributed by atoms with Gasteiger partial charge in [0, 0.05) is 6.08 Å². The largest absolute Gasteiger partial charge is 0.423 e. The number of carbonyl (C=O) groups is 2. The van der Waals surface area contributed by atoms with Crippen molar-refractivity contribution in [2.75, 3.05) is 0 Å². The molecule has 0 saturated heterocycles. The van der Waals surface area contributed by atoms with Crippen LogP contribution in [0.2, 0.25) is 0 Å². The average Bonchev–Trinajstić information content (AvgIpc) is 2.85. The van der Waals surface area contributed by atoms with E-state index in [1.165, 1.54) is 6.08 Å². The van der Waals surface area contributed by atoms with Gasteiger partial charge in [0.15, 0.2) is 0 Å². The molecule has 0 aliphatic heterocycles. The lowest BCUT2D eigenvalue weighted by atomic mass is 10.0. The summed E-state index contributed by atoms with van der Waals surface area (Å²) in [6, 6.07) is 30.3. The lowest BCUT2D eigenvalue weighted by Crippen LogP contribution is -2.19. The van der Waals surface area contributed by atoms with Crippen molar-refractivity contribution >= 4 is 34.9 Å². The fraction of sp³-hybridized carbons (Fsp3) is 0.0357. The molecular formula is C28H22N2O3. The Labute approximate surface area is 192 Å². The van der Waals surface area contributed by atoms with Gasteiger partial charge in [0.25, 0.3) is 0 Å². The van der Waals surface area contributed by atoms with Crippen LogP contribution in [-0.2, 0) is 16.0 Å². The van der Waals surface area contributed by atoms with Crippen LogP contribution in [0.5, 0.6) is 5.75 Å². The number of nitrogens with one attached hydrogen (secondary N) is 1. The first-order valence-corrected chi connectivity index (χ1v) is 10.5. The molecule has 0 saturated carbocycles. The van der Waals surface area contributed by atoms with Gasteiger partial charge in [0.2, 0.25) is 5.91 Å². The van der Waals surface area contributed by atoms with Gasteiger partial charge in [-0.3, -0.25) is 4.79 Å². The minimum Gasteiger partial charge on any atom is -0.423 e. The minimum absolute atomic E-state index is 0.196. The van der Waals surface area contributed by atoms with Gasteiger partial charge in [-0.05, 0) is 57.8 Å². The van der Waals surface area contributed by atoms with E-state index in [0.717, 1.165) is 27.5 Å². The molecule has 0 aliphatic carbocycles. The van der Waals surface area contributed by atoms with Crippen LogP contribution >= 0.6 is 0 Å². The summed E-state index contributed by atoms with van der Waals surface area (Å²) in [6.45, 7) is 0. The zero-order valence-electron chi connectivity index (χ0n) is 17.8. The molecule has 0 atom stereocenters. The minimum atomic E-state index is -0.457. The summed E-state index contributed by atoms with van der Waals surface area (Å²) >= 11 is 0. The number of hydrogen-bond donors (Lipinski definition) is 1. The van der Waals surface area contributed by atoms with Crippen molar-refractivity contribution in [3.63, 3.8) is 0 Å². The van der Waals surface area contributed by atoms with Crippen molar-refractivity contribution in [2.45, 2.75) is 6.42 Å². The van der Waals surface area contributed by atoms with Crippen molar-refractivity contribution < 1.29 is 14.3 Å². The normalized spacial score (nSPS) is 11.2. The monoisotopic (exact) mass is 434 g/mol. The van der Waals surface area contributed by atoms with Gasteiger partial charge < -0.3 is 4.74 Å². The fourth-order valence-corrected chi connectivity index (χ4v) is 3.34. The molecule has 0 spiro atoms. The Morgan fingerprint density at radius 1 is 0.788 bits per heavy atom. The number of benzene rings is 4. The van der Waals surface area contributed by atoms with Crippen molar-refractivity contribution in [1.29, 1.82) is 0 Å². The molecule has 1 N–H and O–H groups in total. The van der Waals surface area contributed by atoms with Crippen LogP contribution in [0.3, 0.4) is 0 Å².